The van der Waals surface area contributed by atoms with E-state index in [9.17, 15) is 4.79 Å². The van der Waals surface area contributed by atoms with E-state index in [0.29, 0.717) is 12.5 Å². The zero-order valence-corrected chi connectivity index (χ0v) is 11.1. The minimum Gasteiger partial charge on any atom is -0.341 e. The van der Waals surface area contributed by atoms with E-state index in [0.717, 1.165) is 37.9 Å². The second-order valence-corrected chi connectivity index (χ2v) is 5.61. The fourth-order valence-electron chi connectivity index (χ4n) is 3.31. The molecule has 1 saturated carbocycles. The highest BCUT2D eigenvalue weighted by Gasteiger charge is 2.32. The van der Waals surface area contributed by atoms with Crippen molar-refractivity contribution in [2.45, 2.75) is 45.4 Å². The molecule has 1 heterocycles. The molecule has 0 aromatic rings. The number of nitrogens with one attached hydrogen (secondary N) is 1. The number of rotatable bonds is 4. The largest absolute Gasteiger partial charge is 0.341 e. The van der Waals surface area contributed by atoms with Gasteiger partial charge in [0.2, 0.25) is 5.91 Å². The molecule has 2 fully saturated rings. The van der Waals surface area contributed by atoms with Crippen LogP contribution in [0, 0.1) is 11.8 Å². The van der Waals surface area contributed by atoms with Crippen LogP contribution in [0.3, 0.4) is 0 Å². The Labute approximate surface area is 105 Å². The van der Waals surface area contributed by atoms with Crippen molar-refractivity contribution in [3.05, 3.63) is 0 Å². The summed E-state index contributed by atoms with van der Waals surface area (Å²) in [7, 11) is 0. The number of nitrogens with zero attached hydrogens (tertiary/aromatic N) is 1. The van der Waals surface area contributed by atoms with E-state index in [1.807, 2.05) is 0 Å². The molecule has 1 amide bonds. The Morgan fingerprint density at radius 3 is 2.76 bits per heavy atom. The van der Waals surface area contributed by atoms with Crippen LogP contribution >= 0.6 is 0 Å². The molecule has 0 aromatic carbocycles. The van der Waals surface area contributed by atoms with Gasteiger partial charge in [-0.25, -0.2) is 0 Å². The number of carbonyl (C=O) groups is 1. The minimum absolute atomic E-state index is 0.308. The summed E-state index contributed by atoms with van der Waals surface area (Å²) in [4.78, 5) is 14.1. The maximum Gasteiger partial charge on any atom is 0.236 e. The maximum atomic E-state index is 12.0. The second kappa shape index (κ2) is 6.39. The average molecular weight is 238 g/mol. The van der Waals surface area contributed by atoms with Gasteiger partial charge in [-0.1, -0.05) is 26.2 Å². The molecule has 2 atom stereocenters. The third-order valence-electron chi connectivity index (χ3n) is 4.35. The predicted molar refractivity (Wildman–Crippen MR) is 69.8 cm³/mol. The highest BCUT2D eigenvalue weighted by atomic mass is 16.2. The van der Waals surface area contributed by atoms with Gasteiger partial charge in [0.25, 0.3) is 0 Å². The van der Waals surface area contributed by atoms with Gasteiger partial charge >= 0.3 is 0 Å². The van der Waals surface area contributed by atoms with Crippen molar-refractivity contribution in [3.63, 3.8) is 0 Å². The summed E-state index contributed by atoms with van der Waals surface area (Å²) in [6, 6.07) is 0. The monoisotopic (exact) mass is 238 g/mol. The molecule has 17 heavy (non-hydrogen) atoms. The Morgan fingerprint density at radius 1 is 1.24 bits per heavy atom. The molecule has 1 saturated heterocycles. The molecule has 0 aromatic heterocycles. The van der Waals surface area contributed by atoms with Gasteiger partial charge in [0.05, 0.1) is 6.54 Å². The summed E-state index contributed by atoms with van der Waals surface area (Å²) in [5.74, 6) is 2.02. The summed E-state index contributed by atoms with van der Waals surface area (Å²) >= 11 is 0. The highest BCUT2D eigenvalue weighted by Crippen LogP contribution is 2.35. The second-order valence-electron chi connectivity index (χ2n) is 5.61. The number of carbonyl (C=O) groups excluding carboxylic acids is 1. The quantitative estimate of drug-likeness (QED) is 0.760. The summed E-state index contributed by atoms with van der Waals surface area (Å²) in [6.07, 6.45) is 7.87. The molecule has 0 spiro atoms. The smallest absolute Gasteiger partial charge is 0.236 e. The topological polar surface area (TPSA) is 32.3 Å². The van der Waals surface area contributed by atoms with Crippen molar-refractivity contribution in [2.24, 2.45) is 11.8 Å². The van der Waals surface area contributed by atoms with Crippen molar-refractivity contribution in [3.8, 4) is 0 Å². The Balaban J connectivity index is 1.76. The van der Waals surface area contributed by atoms with Crippen LogP contribution in [0.4, 0.5) is 0 Å². The molecule has 2 rings (SSSR count). The normalized spacial score (nSPS) is 28.9. The highest BCUT2D eigenvalue weighted by molar-refractivity contribution is 5.78. The lowest BCUT2D eigenvalue weighted by Crippen LogP contribution is -2.47. The minimum atomic E-state index is 0.308. The van der Waals surface area contributed by atoms with Gasteiger partial charge in [-0.15, -0.1) is 0 Å². The number of hydrogen-bond acceptors (Lipinski definition) is 2. The van der Waals surface area contributed by atoms with Crippen molar-refractivity contribution in [1.82, 2.24) is 10.2 Å². The van der Waals surface area contributed by atoms with Gasteiger partial charge < -0.3 is 10.2 Å². The fraction of sp³-hybridized carbons (Fsp3) is 0.929. The van der Waals surface area contributed by atoms with E-state index in [-0.39, 0.29) is 0 Å². The zero-order valence-electron chi connectivity index (χ0n) is 11.1. The zero-order chi connectivity index (χ0) is 12.1. The van der Waals surface area contributed by atoms with Crippen molar-refractivity contribution in [1.29, 1.82) is 0 Å². The van der Waals surface area contributed by atoms with E-state index < -0.39 is 0 Å². The van der Waals surface area contributed by atoms with Crippen LogP contribution in [0.1, 0.15) is 45.4 Å². The lowest BCUT2D eigenvalue weighted by molar-refractivity contribution is -0.133. The fourth-order valence-corrected chi connectivity index (χ4v) is 3.31. The van der Waals surface area contributed by atoms with Crippen LogP contribution in [0.5, 0.6) is 0 Å². The molecule has 1 aliphatic carbocycles. The van der Waals surface area contributed by atoms with Crippen LogP contribution in [-0.2, 0) is 4.79 Å². The molecule has 1 aliphatic heterocycles. The van der Waals surface area contributed by atoms with Gasteiger partial charge in [-0.05, 0) is 37.6 Å². The summed E-state index contributed by atoms with van der Waals surface area (Å²) < 4.78 is 0. The summed E-state index contributed by atoms with van der Waals surface area (Å²) in [6.45, 7) is 5.63. The third kappa shape index (κ3) is 3.44. The molecule has 98 valence electrons. The Morgan fingerprint density at radius 2 is 2.00 bits per heavy atom. The number of fused-ring (bicyclic) bond motifs is 1. The van der Waals surface area contributed by atoms with Crippen LogP contribution in [-0.4, -0.2) is 37.0 Å². The number of piperidine rings is 1. The van der Waals surface area contributed by atoms with E-state index in [4.69, 9.17) is 0 Å². The standard InChI is InChI=1S/C14H26N2O/c1-2-8-15-10-14(17)16-9-7-12-5-3-4-6-13(12)11-16/h12-13,15H,2-11H2,1H3. The first-order valence-electron chi connectivity index (χ1n) is 7.29. The molecule has 2 unspecified atom stereocenters. The van der Waals surface area contributed by atoms with Crippen LogP contribution in [0.15, 0.2) is 0 Å². The number of hydrogen-bond donors (Lipinski definition) is 1. The first kappa shape index (κ1) is 12.9. The lowest BCUT2D eigenvalue weighted by atomic mass is 9.75. The number of likely N-dealkylation sites (tertiary alicyclic amines) is 1. The molecule has 1 N–H and O–H groups in total. The summed E-state index contributed by atoms with van der Waals surface area (Å²) in [5, 5.41) is 3.21. The van der Waals surface area contributed by atoms with Crippen molar-refractivity contribution >= 4 is 5.91 Å². The van der Waals surface area contributed by atoms with Gasteiger partial charge in [0.15, 0.2) is 0 Å². The molecule has 0 radical (unpaired) electrons. The first-order valence-corrected chi connectivity index (χ1v) is 7.29. The lowest BCUT2D eigenvalue weighted by Gasteiger charge is -2.41. The van der Waals surface area contributed by atoms with E-state index in [2.05, 4.69) is 17.1 Å². The Hall–Kier alpha value is -0.570. The molecule has 0 bridgehead atoms. The van der Waals surface area contributed by atoms with Gasteiger partial charge in [0, 0.05) is 13.1 Å². The molecular formula is C14H26N2O. The van der Waals surface area contributed by atoms with Gasteiger partial charge in [0.1, 0.15) is 0 Å². The average Bonchev–Trinajstić information content (AvgIpc) is 2.38. The first-order chi connectivity index (χ1) is 8.31. The molecular weight excluding hydrogens is 212 g/mol. The SMILES string of the molecule is CCCNCC(=O)N1CCC2CCCCC2C1. The van der Waals surface area contributed by atoms with Crippen molar-refractivity contribution < 1.29 is 4.79 Å². The molecule has 3 nitrogen and oxygen atoms in total. The summed E-state index contributed by atoms with van der Waals surface area (Å²) in [5.41, 5.74) is 0. The van der Waals surface area contributed by atoms with Gasteiger partial charge in [-0.3, -0.25) is 4.79 Å². The van der Waals surface area contributed by atoms with E-state index in [1.54, 1.807) is 0 Å². The third-order valence-corrected chi connectivity index (χ3v) is 4.35. The van der Waals surface area contributed by atoms with Crippen LogP contribution in [0.25, 0.3) is 0 Å². The van der Waals surface area contributed by atoms with Gasteiger partial charge in [-0.2, -0.15) is 0 Å². The maximum absolute atomic E-state index is 12.0. The Bertz CT molecular complexity index is 255. The van der Waals surface area contributed by atoms with E-state index >= 15 is 0 Å². The predicted octanol–water partition coefficient (Wildman–Crippen LogP) is 2.02. The molecule has 2 aliphatic rings. The molecule has 3 heteroatoms. The van der Waals surface area contributed by atoms with E-state index in [1.165, 1.54) is 32.1 Å². The van der Waals surface area contributed by atoms with Crippen LogP contribution < -0.4 is 5.32 Å². The van der Waals surface area contributed by atoms with Crippen molar-refractivity contribution in [2.75, 3.05) is 26.2 Å². The number of amides is 1. The van der Waals surface area contributed by atoms with Crippen LogP contribution in [0.2, 0.25) is 0 Å². The Kier molecular flexibility index (Phi) is 4.84.